The Labute approximate surface area is 225 Å². The topological polar surface area (TPSA) is 134 Å². The molecule has 9 nitrogen and oxygen atoms in total. The van der Waals surface area contributed by atoms with E-state index in [-0.39, 0.29) is 17.7 Å². The first-order valence-electron chi connectivity index (χ1n) is 12.8. The van der Waals surface area contributed by atoms with Crippen LogP contribution in [0.2, 0.25) is 0 Å². The Morgan fingerprint density at radius 1 is 0.949 bits per heavy atom. The molecule has 0 atom stereocenters. The number of carbonyl (C=O) groups is 2. The third-order valence-electron chi connectivity index (χ3n) is 7.12. The second-order valence-corrected chi connectivity index (χ2v) is 10.1. The highest BCUT2D eigenvalue weighted by Gasteiger charge is 2.46. The number of nitriles is 1. The summed E-state index contributed by atoms with van der Waals surface area (Å²) in [5.41, 5.74) is 4.43. The van der Waals surface area contributed by atoms with Crippen LogP contribution in [-0.4, -0.2) is 31.8 Å². The molecule has 2 aliphatic rings. The average molecular weight is 516 g/mol. The maximum atomic E-state index is 13.0. The molecule has 0 radical (unpaired) electrons. The third-order valence-corrected chi connectivity index (χ3v) is 7.12. The molecule has 3 heterocycles. The Bertz CT molecular complexity index is 1650. The number of hydrogen-bond donors (Lipinski definition) is 2. The highest BCUT2D eigenvalue weighted by atomic mass is 16.2. The van der Waals surface area contributed by atoms with Gasteiger partial charge in [-0.1, -0.05) is 6.07 Å². The van der Waals surface area contributed by atoms with Gasteiger partial charge in [-0.3, -0.25) is 14.6 Å². The summed E-state index contributed by atoms with van der Waals surface area (Å²) >= 11 is 0. The number of aromatic nitrogens is 4. The Hall–Kier alpha value is -4.97. The first-order chi connectivity index (χ1) is 18.9. The standard InChI is InChI=1S/C30H25N7O2/c1-18-2-5-22(35-29(39)21-7-11-32-25(14-21)30(17-31)9-10-30)16-23(18)24-8-13-34-27(36-24)20-6-12-33-26(15-20)37-28(38)19-3-4-19/h2,5-8,11-16,19H,3-4,9-10H2,1H3,(H,35,39)(H,33,37,38). The number of benzene rings is 1. The van der Waals surface area contributed by atoms with Crippen molar-refractivity contribution in [2.75, 3.05) is 10.6 Å². The van der Waals surface area contributed by atoms with Crippen LogP contribution in [0.1, 0.15) is 47.3 Å². The lowest BCUT2D eigenvalue weighted by Gasteiger charge is -2.12. The van der Waals surface area contributed by atoms with Crippen molar-refractivity contribution in [3.8, 4) is 28.7 Å². The number of aryl methyl sites for hydroxylation is 1. The van der Waals surface area contributed by atoms with Crippen LogP contribution in [0.5, 0.6) is 0 Å². The fourth-order valence-electron chi connectivity index (χ4n) is 4.42. The minimum absolute atomic E-state index is 0.0103. The maximum Gasteiger partial charge on any atom is 0.255 e. The normalized spacial score (nSPS) is 15.2. The molecule has 192 valence electrons. The summed E-state index contributed by atoms with van der Waals surface area (Å²) in [5, 5.41) is 15.3. The number of rotatable bonds is 7. The number of nitrogens with zero attached hydrogens (tertiary/aromatic N) is 5. The fraction of sp³-hybridized carbons (Fsp3) is 0.233. The SMILES string of the molecule is Cc1ccc(NC(=O)c2ccnc(C3(C#N)CC3)c2)cc1-c1ccnc(-c2ccnc(NC(=O)C3CC3)c2)n1. The van der Waals surface area contributed by atoms with Crippen LogP contribution in [0.25, 0.3) is 22.6 Å². The fourth-order valence-corrected chi connectivity index (χ4v) is 4.42. The molecular formula is C30H25N7O2. The summed E-state index contributed by atoms with van der Waals surface area (Å²) in [6.07, 6.45) is 8.25. The van der Waals surface area contributed by atoms with Crippen LogP contribution >= 0.6 is 0 Å². The van der Waals surface area contributed by atoms with Crippen LogP contribution in [0.4, 0.5) is 11.5 Å². The second kappa shape index (κ2) is 9.72. The van der Waals surface area contributed by atoms with Gasteiger partial charge < -0.3 is 10.6 Å². The number of pyridine rings is 2. The van der Waals surface area contributed by atoms with Gasteiger partial charge in [-0.25, -0.2) is 15.0 Å². The van der Waals surface area contributed by atoms with Crippen LogP contribution in [0.3, 0.4) is 0 Å². The third kappa shape index (κ3) is 5.09. The van der Waals surface area contributed by atoms with E-state index in [0.29, 0.717) is 34.3 Å². The smallest absolute Gasteiger partial charge is 0.255 e. The number of amides is 2. The van der Waals surface area contributed by atoms with Gasteiger partial charge in [0.15, 0.2) is 5.82 Å². The Kier molecular flexibility index (Phi) is 6.08. The van der Waals surface area contributed by atoms with Gasteiger partial charge in [0.25, 0.3) is 5.91 Å². The van der Waals surface area contributed by atoms with Crippen LogP contribution < -0.4 is 10.6 Å². The molecule has 0 unspecified atom stereocenters. The molecule has 4 aromatic rings. The maximum absolute atomic E-state index is 13.0. The van der Waals surface area contributed by atoms with E-state index < -0.39 is 5.41 Å². The van der Waals surface area contributed by atoms with Gasteiger partial charge in [0, 0.05) is 46.9 Å². The Morgan fingerprint density at radius 2 is 1.74 bits per heavy atom. The van der Waals surface area contributed by atoms with Crippen molar-refractivity contribution in [2.45, 2.75) is 38.0 Å². The lowest BCUT2D eigenvalue weighted by Crippen LogP contribution is -2.14. The summed E-state index contributed by atoms with van der Waals surface area (Å²) in [7, 11) is 0. The monoisotopic (exact) mass is 515 g/mol. The molecule has 0 aliphatic heterocycles. The molecule has 9 heteroatoms. The molecule has 0 saturated heterocycles. The van der Waals surface area contributed by atoms with Gasteiger partial charge in [-0.05, 0) is 80.6 Å². The number of anilines is 2. The van der Waals surface area contributed by atoms with Gasteiger partial charge in [-0.15, -0.1) is 0 Å². The van der Waals surface area contributed by atoms with E-state index >= 15 is 0 Å². The van der Waals surface area contributed by atoms with Crippen LogP contribution in [-0.2, 0) is 10.2 Å². The number of carbonyl (C=O) groups excluding carboxylic acids is 2. The lowest BCUT2D eigenvalue weighted by atomic mass is 10.0. The molecule has 6 rings (SSSR count). The highest BCUT2D eigenvalue weighted by molar-refractivity contribution is 6.04. The van der Waals surface area contributed by atoms with Gasteiger partial charge in [0.1, 0.15) is 5.82 Å². The van der Waals surface area contributed by atoms with Crippen molar-refractivity contribution >= 4 is 23.3 Å². The van der Waals surface area contributed by atoms with E-state index in [2.05, 4.69) is 31.7 Å². The van der Waals surface area contributed by atoms with E-state index in [9.17, 15) is 14.9 Å². The summed E-state index contributed by atoms with van der Waals surface area (Å²) in [4.78, 5) is 43.0. The second-order valence-electron chi connectivity index (χ2n) is 10.1. The van der Waals surface area contributed by atoms with Crippen molar-refractivity contribution < 1.29 is 9.59 Å². The quantitative estimate of drug-likeness (QED) is 0.351. The summed E-state index contributed by atoms with van der Waals surface area (Å²) in [6.45, 7) is 1.98. The predicted octanol–water partition coefficient (Wildman–Crippen LogP) is 5.07. The van der Waals surface area contributed by atoms with Gasteiger partial charge in [0.05, 0.1) is 22.9 Å². The molecule has 3 aromatic heterocycles. The minimum atomic E-state index is -0.559. The molecule has 2 amide bonds. The molecular weight excluding hydrogens is 490 g/mol. The van der Waals surface area contributed by atoms with E-state index in [1.807, 2.05) is 31.2 Å². The van der Waals surface area contributed by atoms with E-state index in [4.69, 9.17) is 4.98 Å². The van der Waals surface area contributed by atoms with E-state index in [1.165, 1.54) is 0 Å². The van der Waals surface area contributed by atoms with Gasteiger partial charge in [0.2, 0.25) is 5.91 Å². The van der Waals surface area contributed by atoms with Crippen molar-refractivity contribution in [2.24, 2.45) is 5.92 Å². The molecule has 1 aromatic carbocycles. The van der Waals surface area contributed by atoms with Crippen molar-refractivity contribution in [3.63, 3.8) is 0 Å². The first kappa shape index (κ1) is 24.4. The number of nitrogens with one attached hydrogen (secondary N) is 2. The molecule has 2 fully saturated rings. The predicted molar refractivity (Wildman–Crippen MR) is 146 cm³/mol. The molecule has 2 N–H and O–H groups in total. The number of hydrogen-bond acceptors (Lipinski definition) is 7. The zero-order chi connectivity index (χ0) is 27.0. The molecule has 0 bridgehead atoms. The molecule has 2 aliphatic carbocycles. The lowest BCUT2D eigenvalue weighted by molar-refractivity contribution is -0.117. The van der Waals surface area contributed by atoms with Gasteiger partial charge in [-0.2, -0.15) is 5.26 Å². The largest absolute Gasteiger partial charge is 0.322 e. The zero-order valence-electron chi connectivity index (χ0n) is 21.3. The molecule has 2 saturated carbocycles. The first-order valence-corrected chi connectivity index (χ1v) is 12.8. The van der Waals surface area contributed by atoms with Crippen molar-refractivity contribution in [3.05, 3.63) is 83.9 Å². The van der Waals surface area contributed by atoms with Crippen molar-refractivity contribution in [1.82, 2.24) is 19.9 Å². The van der Waals surface area contributed by atoms with E-state index in [1.54, 1.807) is 42.9 Å². The summed E-state index contributed by atoms with van der Waals surface area (Å²) < 4.78 is 0. The average Bonchev–Trinajstić information content (AvgIpc) is 3.89. The molecule has 39 heavy (non-hydrogen) atoms. The zero-order valence-corrected chi connectivity index (χ0v) is 21.3. The minimum Gasteiger partial charge on any atom is -0.322 e. The molecule has 0 spiro atoms. The summed E-state index contributed by atoms with van der Waals surface area (Å²) in [5.74, 6) is 0.771. The van der Waals surface area contributed by atoms with Crippen molar-refractivity contribution in [1.29, 1.82) is 5.26 Å². The highest BCUT2D eigenvalue weighted by Crippen LogP contribution is 2.46. The van der Waals surface area contributed by atoms with Gasteiger partial charge >= 0.3 is 0 Å². The Balaban J connectivity index is 1.23. The summed E-state index contributed by atoms with van der Waals surface area (Å²) in [6, 6.07) is 16.7. The van der Waals surface area contributed by atoms with Crippen LogP contribution in [0.15, 0.2) is 67.1 Å². The van der Waals surface area contributed by atoms with Crippen LogP contribution in [0, 0.1) is 24.2 Å². The van der Waals surface area contributed by atoms with E-state index in [0.717, 1.165) is 42.4 Å². The Morgan fingerprint density at radius 3 is 2.51 bits per heavy atom.